The van der Waals surface area contributed by atoms with Crippen LogP contribution in [-0.2, 0) is 4.79 Å². The second-order valence-corrected chi connectivity index (χ2v) is 6.63. The first kappa shape index (κ1) is 22.6. The molecule has 0 unspecified atom stereocenters. The van der Waals surface area contributed by atoms with Gasteiger partial charge in [0.2, 0.25) is 0 Å². The molecule has 158 valence electrons. The van der Waals surface area contributed by atoms with Crippen molar-refractivity contribution in [1.29, 1.82) is 0 Å². The van der Waals surface area contributed by atoms with E-state index in [0.717, 1.165) is 0 Å². The van der Waals surface area contributed by atoms with E-state index in [1.807, 2.05) is 6.92 Å². The van der Waals surface area contributed by atoms with Gasteiger partial charge in [0.15, 0.2) is 23.4 Å². The summed E-state index contributed by atoms with van der Waals surface area (Å²) < 4.78 is 11.4. The van der Waals surface area contributed by atoms with Crippen molar-refractivity contribution in [1.82, 2.24) is 4.90 Å². The van der Waals surface area contributed by atoms with E-state index in [9.17, 15) is 19.7 Å². The summed E-state index contributed by atoms with van der Waals surface area (Å²) in [6.07, 6.45) is 2.32. The van der Waals surface area contributed by atoms with Gasteiger partial charge in [-0.25, -0.2) is 0 Å². The van der Waals surface area contributed by atoms with E-state index >= 15 is 0 Å². The minimum atomic E-state index is -0.677. The monoisotopic (exact) mass is 412 g/mol. The molecule has 0 aromatic heterocycles. The molecular weight excluding hydrogens is 388 g/mol. The number of amides is 1. The highest BCUT2D eigenvalue weighted by Gasteiger charge is 2.18. The van der Waals surface area contributed by atoms with Gasteiger partial charge in [-0.15, -0.1) is 0 Å². The largest absolute Gasteiger partial charge is 0.490 e. The fourth-order valence-corrected chi connectivity index (χ4v) is 2.61. The van der Waals surface area contributed by atoms with Gasteiger partial charge in [-0.05, 0) is 49.8 Å². The number of hydrogen-bond donors (Lipinski definition) is 0. The van der Waals surface area contributed by atoms with E-state index in [-0.39, 0.29) is 17.4 Å². The van der Waals surface area contributed by atoms with Crippen molar-refractivity contribution in [2.24, 2.45) is 0 Å². The van der Waals surface area contributed by atoms with Crippen LogP contribution >= 0.6 is 0 Å². The Bertz CT molecular complexity index is 951. The van der Waals surface area contributed by atoms with Crippen LogP contribution in [0.5, 0.6) is 11.5 Å². The summed E-state index contributed by atoms with van der Waals surface area (Å²) in [5, 5.41) is 10.7. The van der Waals surface area contributed by atoms with Gasteiger partial charge in [0, 0.05) is 31.8 Å². The molecule has 0 saturated carbocycles. The first-order valence-corrected chi connectivity index (χ1v) is 9.34. The number of carbonyl (C=O) groups excluding carboxylic acids is 2. The standard InChI is InChI=1S/C22H24N2O6/c1-5-29-21-14-16(7-13-20(21)30-15(2)22(26)23(3)4)6-12-19(25)17-8-10-18(11-9-17)24(27)28/h6-15H,5H2,1-4H3/b12-6+/t15-/m1/s1. The lowest BCUT2D eigenvalue weighted by Gasteiger charge is -2.20. The SMILES string of the molecule is CCOc1cc(/C=C/C(=O)c2ccc([N+](=O)[O-])cc2)ccc1O[C@H](C)C(=O)N(C)C. The average Bonchev–Trinajstić information content (AvgIpc) is 2.73. The Morgan fingerprint density at radius 1 is 1.13 bits per heavy atom. The van der Waals surface area contributed by atoms with Crippen molar-refractivity contribution >= 4 is 23.5 Å². The number of carbonyl (C=O) groups is 2. The zero-order chi connectivity index (χ0) is 22.3. The topological polar surface area (TPSA) is 99.0 Å². The summed E-state index contributed by atoms with van der Waals surface area (Å²) >= 11 is 0. The molecule has 0 radical (unpaired) electrons. The molecule has 1 amide bonds. The van der Waals surface area contributed by atoms with E-state index in [0.29, 0.717) is 29.2 Å². The number of ketones is 1. The van der Waals surface area contributed by atoms with Gasteiger partial charge >= 0.3 is 0 Å². The molecule has 0 bridgehead atoms. The van der Waals surface area contributed by atoms with Gasteiger partial charge < -0.3 is 14.4 Å². The fourth-order valence-electron chi connectivity index (χ4n) is 2.61. The van der Waals surface area contributed by atoms with E-state index in [1.54, 1.807) is 45.3 Å². The van der Waals surface area contributed by atoms with E-state index in [2.05, 4.69) is 0 Å². The summed E-state index contributed by atoms with van der Waals surface area (Å²) in [5.41, 5.74) is 0.972. The summed E-state index contributed by atoms with van der Waals surface area (Å²) in [7, 11) is 3.31. The zero-order valence-corrected chi connectivity index (χ0v) is 17.3. The lowest BCUT2D eigenvalue weighted by atomic mass is 10.1. The van der Waals surface area contributed by atoms with Crippen LogP contribution in [0.15, 0.2) is 48.5 Å². The van der Waals surface area contributed by atoms with E-state index < -0.39 is 11.0 Å². The van der Waals surface area contributed by atoms with Crippen LogP contribution in [0.3, 0.4) is 0 Å². The van der Waals surface area contributed by atoms with Gasteiger partial charge in [0.05, 0.1) is 11.5 Å². The summed E-state index contributed by atoms with van der Waals surface area (Å²) in [5.74, 6) is 0.433. The quantitative estimate of drug-likeness (QED) is 0.269. The minimum absolute atomic E-state index is 0.0746. The van der Waals surface area contributed by atoms with Gasteiger partial charge in [-0.2, -0.15) is 0 Å². The maximum absolute atomic E-state index is 12.3. The molecule has 0 saturated heterocycles. The first-order valence-electron chi connectivity index (χ1n) is 9.34. The normalized spacial score (nSPS) is 11.7. The number of hydrogen-bond acceptors (Lipinski definition) is 6. The van der Waals surface area contributed by atoms with Crippen molar-refractivity contribution in [2.45, 2.75) is 20.0 Å². The molecule has 2 aromatic rings. The summed E-state index contributed by atoms with van der Waals surface area (Å²) in [4.78, 5) is 36.0. The summed E-state index contributed by atoms with van der Waals surface area (Å²) in [6, 6.07) is 10.5. The number of non-ortho nitro benzene ring substituents is 1. The Morgan fingerprint density at radius 2 is 1.80 bits per heavy atom. The zero-order valence-electron chi connectivity index (χ0n) is 17.3. The molecule has 2 rings (SSSR count). The number of nitro benzene ring substituents is 1. The van der Waals surface area contributed by atoms with Crippen molar-refractivity contribution < 1.29 is 24.0 Å². The number of allylic oxidation sites excluding steroid dienone is 1. The van der Waals surface area contributed by atoms with E-state index in [4.69, 9.17) is 9.47 Å². The second-order valence-electron chi connectivity index (χ2n) is 6.63. The van der Waals surface area contributed by atoms with E-state index in [1.165, 1.54) is 35.2 Å². The second kappa shape index (κ2) is 10.2. The third-order valence-electron chi connectivity index (χ3n) is 4.15. The number of likely N-dealkylation sites (N-methyl/N-ethyl adjacent to an activating group) is 1. The Morgan fingerprint density at radius 3 is 2.37 bits per heavy atom. The van der Waals surface area contributed by atoms with Crippen molar-refractivity contribution in [3.05, 3.63) is 69.8 Å². The van der Waals surface area contributed by atoms with Gasteiger partial charge in [-0.1, -0.05) is 12.1 Å². The number of rotatable bonds is 9. The predicted molar refractivity (Wildman–Crippen MR) is 113 cm³/mol. The molecule has 0 aliphatic rings. The lowest BCUT2D eigenvalue weighted by Crippen LogP contribution is -2.35. The highest BCUT2D eigenvalue weighted by Crippen LogP contribution is 2.30. The number of benzene rings is 2. The molecule has 8 heteroatoms. The molecule has 0 spiro atoms. The molecule has 1 atom stereocenters. The van der Waals surface area contributed by atoms with Crippen molar-refractivity contribution in [3.63, 3.8) is 0 Å². The van der Waals surface area contributed by atoms with Crippen molar-refractivity contribution in [3.8, 4) is 11.5 Å². The van der Waals surface area contributed by atoms with Crippen LogP contribution in [-0.4, -0.2) is 48.3 Å². The lowest BCUT2D eigenvalue weighted by molar-refractivity contribution is -0.384. The number of nitrogens with zero attached hydrogens (tertiary/aromatic N) is 2. The highest BCUT2D eigenvalue weighted by atomic mass is 16.6. The molecule has 8 nitrogen and oxygen atoms in total. The van der Waals surface area contributed by atoms with Gasteiger partial charge in [0.1, 0.15) is 0 Å². The van der Waals surface area contributed by atoms with Crippen LogP contribution in [0.25, 0.3) is 6.08 Å². The molecule has 2 aromatic carbocycles. The summed E-state index contributed by atoms with van der Waals surface area (Å²) in [6.45, 7) is 3.90. The molecular formula is C22H24N2O6. The fraction of sp³-hybridized carbons (Fsp3) is 0.273. The predicted octanol–water partition coefficient (Wildman–Crippen LogP) is 3.75. The van der Waals surface area contributed by atoms with Crippen LogP contribution in [0, 0.1) is 10.1 Å². The van der Waals surface area contributed by atoms with Crippen LogP contribution in [0.1, 0.15) is 29.8 Å². The maximum atomic E-state index is 12.3. The van der Waals surface area contributed by atoms with Crippen LogP contribution < -0.4 is 9.47 Å². The van der Waals surface area contributed by atoms with Gasteiger partial charge in [-0.3, -0.25) is 19.7 Å². The van der Waals surface area contributed by atoms with Gasteiger partial charge in [0.25, 0.3) is 11.6 Å². The Labute approximate surface area is 174 Å². The highest BCUT2D eigenvalue weighted by molar-refractivity contribution is 6.06. The average molecular weight is 412 g/mol. The number of nitro groups is 1. The molecule has 0 aliphatic carbocycles. The van der Waals surface area contributed by atoms with Crippen LogP contribution in [0.4, 0.5) is 5.69 Å². The molecule has 0 aliphatic heterocycles. The van der Waals surface area contributed by atoms with Crippen LogP contribution in [0.2, 0.25) is 0 Å². The minimum Gasteiger partial charge on any atom is -0.490 e. The van der Waals surface area contributed by atoms with Crippen molar-refractivity contribution in [2.75, 3.05) is 20.7 Å². The Hall–Kier alpha value is -3.68. The maximum Gasteiger partial charge on any atom is 0.269 e. The number of ether oxygens (including phenoxy) is 2. The Balaban J connectivity index is 2.17. The molecule has 0 N–H and O–H groups in total. The Kier molecular flexibility index (Phi) is 7.69. The first-order chi connectivity index (χ1) is 14.2. The molecule has 30 heavy (non-hydrogen) atoms. The third kappa shape index (κ3) is 5.91. The third-order valence-corrected chi connectivity index (χ3v) is 4.15. The molecule has 0 fully saturated rings. The smallest absolute Gasteiger partial charge is 0.269 e. The molecule has 0 heterocycles.